The molecule has 0 unspecified atom stereocenters. The average Bonchev–Trinajstić information content (AvgIpc) is 3.18. The van der Waals surface area contributed by atoms with Crippen molar-refractivity contribution in [2.75, 3.05) is 61.6 Å². The zero-order chi connectivity index (χ0) is 42.5. The topological polar surface area (TPSA) is 195 Å². The van der Waals surface area contributed by atoms with Gasteiger partial charge in [-0.25, -0.2) is 18.2 Å². The van der Waals surface area contributed by atoms with Gasteiger partial charge in [0.25, 0.3) is 5.91 Å². The summed E-state index contributed by atoms with van der Waals surface area (Å²) in [6, 6.07) is 21.9. The Kier molecular flexibility index (Phi) is 12.6. The standard InChI is InChI=1S/C43H49N7O8S/c1-43(2,3)28-23-35(48-59(6,54)55)40(57-5)37(24-28)50(42(44)53)36-11-12-38(34-10-8-7-9-33(34)36)58-31-13-16-45-39(26-31)47-29-21-27(22-32(25-29)56-4)41(52)46-17-20-49-18-14-30(51)15-19-49/h7-13,16,21-26,48H,14-15,17-20H2,1-6H3,(H2,44,53)(H,45,47)(H,46,52). The molecular weight excluding hydrogens is 775 g/mol. The smallest absolute Gasteiger partial charge is 0.324 e. The van der Waals surface area contributed by atoms with E-state index in [2.05, 4.69) is 25.2 Å². The van der Waals surface area contributed by atoms with Gasteiger partial charge >= 0.3 is 6.03 Å². The number of hydrogen-bond donors (Lipinski definition) is 4. The van der Waals surface area contributed by atoms with E-state index in [0.29, 0.717) is 89.8 Å². The fourth-order valence-corrected chi connectivity index (χ4v) is 7.35. The summed E-state index contributed by atoms with van der Waals surface area (Å²) in [5.41, 5.74) is 8.16. The van der Waals surface area contributed by atoms with Crippen molar-refractivity contribution in [3.8, 4) is 23.0 Å². The molecule has 0 atom stereocenters. The van der Waals surface area contributed by atoms with Crippen LogP contribution in [0, 0.1) is 0 Å². The number of carbonyl (C=O) groups excluding carboxylic acids is 3. The van der Waals surface area contributed by atoms with Crippen LogP contribution in [0.5, 0.6) is 23.0 Å². The van der Waals surface area contributed by atoms with Crippen molar-refractivity contribution in [2.45, 2.75) is 39.0 Å². The Bertz CT molecular complexity index is 2490. The molecule has 1 aliphatic rings. The highest BCUT2D eigenvalue weighted by Gasteiger charge is 2.28. The summed E-state index contributed by atoms with van der Waals surface area (Å²) in [4.78, 5) is 46.0. The molecule has 5 N–H and O–H groups in total. The molecule has 6 rings (SSSR count). The molecule has 5 aromatic rings. The molecule has 0 saturated carbocycles. The number of sulfonamides is 1. The summed E-state index contributed by atoms with van der Waals surface area (Å²) in [5, 5.41) is 7.47. The number of Topliss-reactive ketones (excluding diaryl/α,β-unsaturated/α-hetero) is 1. The van der Waals surface area contributed by atoms with E-state index in [0.717, 1.165) is 11.8 Å². The Morgan fingerprint density at radius 1 is 0.898 bits per heavy atom. The number of nitrogens with zero attached hydrogens (tertiary/aromatic N) is 3. The first-order valence-corrected chi connectivity index (χ1v) is 20.9. The highest BCUT2D eigenvalue weighted by molar-refractivity contribution is 7.92. The van der Waals surface area contributed by atoms with E-state index in [4.69, 9.17) is 19.9 Å². The van der Waals surface area contributed by atoms with E-state index in [-0.39, 0.29) is 28.8 Å². The van der Waals surface area contributed by atoms with Crippen LogP contribution in [-0.4, -0.2) is 82.7 Å². The molecule has 0 bridgehead atoms. The number of nitrogens with two attached hydrogens (primary N) is 1. The maximum Gasteiger partial charge on any atom is 0.324 e. The van der Waals surface area contributed by atoms with Crippen LogP contribution in [0.1, 0.15) is 49.5 Å². The number of rotatable bonds is 14. The van der Waals surface area contributed by atoms with E-state index in [9.17, 15) is 22.8 Å². The van der Waals surface area contributed by atoms with Gasteiger partial charge in [-0.15, -0.1) is 0 Å². The maximum atomic E-state index is 13.4. The maximum absolute atomic E-state index is 13.4. The highest BCUT2D eigenvalue weighted by Crippen LogP contribution is 2.46. The number of pyridine rings is 1. The second kappa shape index (κ2) is 17.6. The third-order valence-corrected chi connectivity index (χ3v) is 10.4. The second-order valence-electron chi connectivity index (χ2n) is 15.2. The van der Waals surface area contributed by atoms with Crippen molar-refractivity contribution < 1.29 is 37.0 Å². The molecule has 15 nitrogen and oxygen atoms in total. The summed E-state index contributed by atoms with van der Waals surface area (Å²) in [7, 11) is -0.811. The summed E-state index contributed by atoms with van der Waals surface area (Å²) in [6.45, 7) is 8.39. The van der Waals surface area contributed by atoms with Crippen LogP contribution in [0.25, 0.3) is 10.8 Å². The highest BCUT2D eigenvalue weighted by atomic mass is 32.2. The predicted octanol–water partition coefficient (Wildman–Crippen LogP) is 7.07. The van der Waals surface area contributed by atoms with E-state index < -0.39 is 21.5 Å². The molecular formula is C43H49N7O8S. The van der Waals surface area contributed by atoms with Crippen LogP contribution in [0.4, 0.5) is 33.4 Å². The van der Waals surface area contributed by atoms with E-state index in [1.165, 1.54) is 19.1 Å². The number of piperidine rings is 1. The molecule has 3 amide bonds. The quantitative estimate of drug-likeness (QED) is 0.0895. The van der Waals surface area contributed by atoms with E-state index in [1.807, 2.05) is 45.0 Å². The van der Waals surface area contributed by atoms with Crippen molar-refractivity contribution in [2.24, 2.45) is 5.73 Å². The van der Waals surface area contributed by atoms with Gasteiger partial charge in [-0.3, -0.25) is 19.2 Å². The number of anilines is 5. The number of primary amides is 1. The zero-order valence-electron chi connectivity index (χ0n) is 33.9. The number of nitrogens with one attached hydrogen (secondary N) is 3. The second-order valence-corrected chi connectivity index (χ2v) is 16.9. The number of benzene rings is 4. The van der Waals surface area contributed by atoms with Gasteiger partial charge in [0.05, 0.1) is 37.5 Å². The molecule has 0 radical (unpaired) electrons. The lowest BCUT2D eigenvalue weighted by Gasteiger charge is -2.29. The van der Waals surface area contributed by atoms with Crippen LogP contribution in [0.2, 0.25) is 0 Å². The molecule has 0 spiro atoms. The van der Waals surface area contributed by atoms with E-state index >= 15 is 0 Å². The summed E-state index contributed by atoms with van der Waals surface area (Å²) in [6.07, 6.45) is 3.70. The Morgan fingerprint density at radius 2 is 1.63 bits per heavy atom. The first-order chi connectivity index (χ1) is 28.0. The van der Waals surface area contributed by atoms with Gasteiger partial charge in [0.2, 0.25) is 10.0 Å². The van der Waals surface area contributed by atoms with Crippen LogP contribution < -0.4 is 40.2 Å². The third kappa shape index (κ3) is 10.4. The summed E-state index contributed by atoms with van der Waals surface area (Å²) in [5.74, 6) is 1.95. The molecule has 2 heterocycles. The fourth-order valence-electron chi connectivity index (χ4n) is 6.80. The molecule has 1 aromatic heterocycles. The summed E-state index contributed by atoms with van der Waals surface area (Å²) >= 11 is 0. The number of likely N-dealkylation sites (tertiary alicyclic amines) is 1. The molecule has 4 aromatic carbocycles. The minimum Gasteiger partial charge on any atom is -0.497 e. The number of carbonyl (C=O) groups is 3. The van der Waals surface area contributed by atoms with Crippen molar-refractivity contribution in [3.63, 3.8) is 0 Å². The number of hydrogen-bond acceptors (Lipinski definition) is 11. The van der Waals surface area contributed by atoms with Crippen LogP contribution in [0.3, 0.4) is 0 Å². The van der Waals surface area contributed by atoms with Crippen molar-refractivity contribution in [3.05, 3.63) is 96.2 Å². The predicted molar refractivity (Wildman–Crippen MR) is 229 cm³/mol. The van der Waals surface area contributed by atoms with Gasteiger partial charge in [-0.1, -0.05) is 45.0 Å². The third-order valence-electron chi connectivity index (χ3n) is 9.76. The lowest BCUT2D eigenvalue weighted by atomic mass is 9.86. The lowest BCUT2D eigenvalue weighted by molar-refractivity contribution is -0.121. The minimum absolute atomic E-state index is 0.111. The molecule has 0 aliphatic carbocycles. The van der Waals surface area contributed by atoms with Crippen LogP contribution in [0.15, 0.2) is 85.1 Å². The molecule has 1 fully saturated rings. The normalized spacial score (nSPS) is 13.4. The van der Waals surface area contributed by atoms with Gasteiger partial charge in [0, 0.05) is 79.4 Å². The molecule has 1 saturated heterocycles. The monoisotopic (exact) mass is 823 g/mol. The van der Waals surface area contributed by atoms with Crippen LogP contribution >= 0.6 is 0 Å². The van der Waals surface area contributed by atoms with Crippen LogP contribution in [-0.2, 0) is 20.2 Å². The molecule has 1 aliphatic heterocycles. The summed E-state index contributed by atoms with van der Waals surface area (Å²) < 4.78 is 45.0. The number of methoxy groups -OCH3 is 2. The number of ether oxygens (including phenoxy) is 3. The van der Waals surface area contributed by atoms with Crippen molar-refractivity contribution in [1.29, 1.82) is 0 Å². The lowest BCUT2D eigenvalue weighted by Crippen LogP contribution is -2.39. The van der Waals surface area contributed by atoms with Crippen molar-refractivity contribution in [1.82, 2.24) is 15.2 Å². The number of fused-ring (bicyclic) bond motifs is 1. The fraction of sp³-hybridized carbons (Fsp3) is 0.302. The Hall–Kier alpha value is -6.39. The molecule has 310 valence electrons. The number of urea groups is 1. The van der Waals surface area contributed by atoms with Gasteiger partial charge in [0.15, 0.2) is 5.75 Å². The Labute approximate surface area is 343 Å². The van der Waals surface area contributed by atoms with Crippen molar-refractivity contribution >= 4 is 67.1 Å². The minimum atomic E-state index is -3.73. The van der Waals surface area contributed by atoms with Gasteiger partial charge < -0.3 is 35.5 Å². The first-order valence-electron chi connectivity index (χ1n) is 19.0. The van der Waals surface area contributed by atoms with Gasteiger partial charge in [-0.2, -0.15) is 0 Å². The largest absolute Gasteiger partial charge is 0.497 e. The number of ketones is 1. The average molecular weight is 824 g/mol. The SMILES string of the molecule is COc1cc(Nc2cc(Oc3ccc(N(C(N)=O)c4cc(C(C)(C)C)cc(NS(C)(=O)=O)c4OC)c4ccccc34)ccn2)cc(C(=O)NCCN2CCC(=O)CC2)c1. The van der Waals surface area contributed by atoms with E-state index in [1.54, 1.807) is 60.8 Å². The molecule has 16 heteroatoms. The number of aromatic nitrogens is 1. The van der Waals surface area contributed by atoms with Gasteiger partial charge in [-0.05, 0) is 53.4 Å². The Balaban J connectivity index is 1.27. The molecule has 59 heavy (non-hydrogen) atoms. The zero-order valence-corrected chi connectivity index (χ0v) is 34.7. The Morgan fingerprint density at radius 3 is 2.29 bits per heavy atom. The number of amides is 3. The first kappa shape index (κ1) is 42.2. The van der Waals surface area contributed by atoms with Gasteiger partial charge in [0.1, 0.15) is 28.8 Å².